The number of fused-ring (bicyclic) bond motifs is 1. The van der Waals surface area contributed by atoms with Gasteiger partial charge >= 0.3 is 0 Å². The Morgan fingerprint density at radius 1 is 1.00 bits per heavy atom. The first-order valence-electron chi connectivity index (χ1n) is 8.96. The largest absolute Gasteiger partial charge is 0.316 e. The Bertz CT molecular complexity index is 1250. The predicted octanol–water partition coefficient (Wildman–Crippen LogP) is 5.23. The summed E-state index contributed by atoms with van der Waals surface area (Å²) in [5, 5.41) is 14.5. The number of anilines is 2. The zero-order chi connectivity index (χ0) is 19.1. The van der Waals surface area contributed by atoms with Gasteiger partial charge in [0.05, 0.1) is 16.9 Å². The van der Waals surface area contributed by atoms with Crippen LogP contribution < -0.4 is 5.32 Å². The molecule has 0 spiro atoms. The van der Waals surface area contributed by atoms with Gasteiger partial charge in [0.25, 0.3) is 0 Å². The number of thiazole rings is 1. The molecule has 0 amide bonds. The van der Waals surface area contributed by atoms with Crippen molar-refractivity contribution < 1.29 is 0 Å². The van der Waals surface area contributed by atoms with Gasteiger partial charge in [-0.1, -0.05) is 6.07 Å². The van der Waals surface area contributed by atoms with Crippen molar-refractivity contribution in [2.75, 3.05) is 5.32 Å². The van der Waals surface area contributed by atoms with E-state index in [4.69, 9.17) is 4.98 Å². The van der Waals surface area contributed by atoms with Crippen molar-refractivity contribution in [2.45, 2.75) is 13.8 Å². The molecule has 0 saturated heterocycles. The van der Waals surface area contributed by atoms with E-state index in [1.165, 1.54) is 11.4 Å². The summed E-state index contributed by atoms with van der Waals surface area (Å²) in [6, 6.07) is 14.6. The Kier molecular flexibility index (Phi) is 3.95. The molecule has 0 bridgehead atoms. The molecular formula is C21H18N6S. The maximum Gasteiger partial charge on any atom is 0.188 e. The fourth-order valence-corrected chi connectivity index (χ4v) is 4.02. The molecule has 0 atom stereocenters. The topological polar surface area (TPSA) is 71.4 Å². The van der Waals surface area contributed by atoms with Crippen molar-refractivity contribution >= 4 is 33.2 Å². The summed E-state index contributed by atoms with van der Waals surface area (Å²) in [7, 11) is 0. The Morgan fingerprint density at radius 3 is 2.64 bits per heavy atom. The number of aromatic amines is 1. The third kappa shape index (κ3) is 2.76. The molecule has 7 heteroatoms. The van der Waals surface area contributed by atoms with Crippen molar-refractivity contribution in [2.24, 2.45) is 0 Å². The predicted molar refractivity (Wildman–Crippen MR) is 114 cm³/mol. The lowest BCUT2D eigenvalue weighted by molar-refractivity contribution is 0.959. The number of aromatic nitrogens is 5. The lowest BCUT2D eigenvalue weighted by Gasteiger charge is -2.14. The molecule has 2 N–H and O–H groups in total. The van der Waals surface area contributed by atoms with Gasteiger partial charge in [-0.2, -0.15) is 5.10 Å². The molecular weight excluding hydrogens is 368 g/mol. The second kappa shape index (κ2) is 6.61. The van der Waals surface area contributed by atoms with Crippen LogP contribution in [0.2, 0.25) is 0 Å². The van der Waals surface area contributed by atoms with Crippen LogP contribution >= 0.6 is 11.3 Å². The fraction of sp³-hybridized carbons (Fsp3) is 0.0952. The van der Waals surface area contributed by atoms with E-state index in [2.05, 4.69) is 69.2 Å². The van der Waals surface area contributed by atoms with Crippen LogP contribution in [0.15, 0.2) is 60.2 Å². The molecule has 0 unspecified atom stereocenters. The van der Waals surface area contributed by atoms with Crippen LogP contribution in [0.5, 0.6) is 0 Å². The number of nitrogens with one attached hydrogen (secondary N) is 2. The molecule has 4 aromatic heterocycles. The minimum atomic E-state index is 0.762. The van der Waals surface area contributed by atoms with Crippen molar-refractivity contribution in [1.82, 2.24) is 24.7 Å². The second-order valence-electron chi connectivity index (χ2n) is 6.62. The van der Waals surface area contributed by atoms with Crippen LogP contribution in [0.4, 0.5) is 10.9 Å². The molecule has 0 aliphatic rings. The van der Waals surface area contributed by atoms with Gasteiger partial charge in [0.1, 0.15) is 0 Å². The average molecular weight is 386 g/mol. The van der Waals surface area contributed by atoms with Gasteiger partial charge in [-0.25, -0.2) is 4.98 Å². The van der Waals surface area contributed by atoms with E-state index in [0.29, 0.717) is 0 Å². The zero-order valence-corrected chi connectivity index (χ0v) is 16.3. The van der Waals surface area contributed by atoms with Crippen LogP contribution in [0.3, 0.4) is 0 Å². The molecule has 28 heavy (non-hydrogen) atoms. The first-order chi connectivity index (χ1) is 13.7. The minimum Gasteiger partial charge on any atom is -0.316 e. The summed E-state index contributed by atoms with van der Waals surface area (Å²) in [5.41, 5.74) is 6.38. The van der Waals surface area contributed by atoms with Gasteiger partial charge in [-0.05, 0) is 50.2 Å². The summed E-state index contributed by atoms with van der Waals surface area (Å²) in [6.07, 6.45) is 3.61. The molecule has 4 heterocycles. The number of nitrogens with zero attached hydrogens (tertiary/aromatic N) is 4. The van der Waals surface area contributed by atoms with Crippen LogP contribution in [0.25, 0.3) is 27.8 Å². The third-order valence-electron chi connectivity index (χ3n) is 4.79. The number of benzene rings is 1. The number of rotatable bonds is 4. The van der Waals surface area contributed by atoms with Crippen molar-refractivity contribution in [1.29, 1.82) is 0 Å². The van der Waals surface area contributed by atoms with E-state index >= 15 is 0 Å². The molecule has 0 saturated carbocycles. The van der Waals surface area contributed by atoms with E-state index in [9.17, 15) is 0 Å². The maximum absolute atomic E-state index is 4.70. The molecule has 0 aliphatic heterocycles. The lowest BCUT2D eigenvalue weighted by atomic mass is 10.1. The maximum atomic E-state index is 4.70. The Labute approximate surface area is 165 Å². The first-order valence-corrected chi connectivity index (χ1v) is 9.84. The number of hydrogen-bond donors (Lipinski definition) is 2. The van der Waals surface area contributed by atoms with E-state index in [0.717, 1.165) is 38.8 Å². The van der Waals surface area contributed by atoms with E-state index in [1.807, 2.05) is 23.7 Å². The van der Waals surface area contributed by atoms with Gasteiger partial charge in [-0.15, -0.1) is 11.3 Å². The van der Waals surface area contributed by atoms with Crippen LogP contribution in [0, 0.1) is 13.8 Å². The minimum absolute atomic E-state index is 0.762. The number of aryl methyl sites for hydroxylation is 2. The monoisotopic (exact) mass is 386 g/mol. The Morgan fingerprint density at radius 2 is 1.86 bits per heavy atom. The lowest BCUT2D eigenvalue weighted by Crippen LogP contribution is -2.02. The number of hydrogen-bond acceptors (Lipinski definition) is 5. The summed E-state index contributed by atoms with van der Waals surface area (Å²) in [4.78, 5) is 8.99. The Balaban J connectivity index is 1.65. The molecule has 5 rings (SSSR count). The van der Waals surface area contributed by atoms with Gasteiger partial charge in [0, 0.05) is 40.1 Å². The number of pyridine rings is 1. The van der Waals surface area contributed by atoms with E-state index in [1.54, 1.807) is 17.5 Å². The second-order valence-corrected chi connectivity index (χ2v) is 7.51. The van der Waals surface area contributed by atoms with Gasteiger partial charge in [0.2, 0.25) is 0 Å². The third-order valence-corrected chi connectivity index (χ3v) is 5.48. The molecule has 138 valence electrons. The van der Waals surface area contributed by atoms with Gasteiger partial charge in [-0.3, -0.25) is 10.1 Å². The smallest absolute Gasteiger partial charge is 0.188 e. The summed E-state index contributed by atoms with van der Waals surface area (Å²) in [5.74, 6) is 0.762. The van der Waals surface area contributed by atoms with Crippen molar-refractivity contribution in [3.05, 3.63) is 71.6 Å². The summed E-state index contributed by atoms with van der Waals surface area (Å²) < 4.78 is 2.23. The van der Waals surface area contributed by atoms with Crippen molar-refractivity contribution in [3.63, 3.8) is 0 Å². The van der Waals surface area contributed by atoms with Crippen molar-refractivity contribution in [3.8, 4) is 16.9 Å². The first kappa shape index (κ1) is 16.7. The fourth-order valence-electron chi connectivity index (χ4n) is 3.49. The zero-order valence-electron chi connectivity index (χ0n) is 15.5. The van der Waals surface area contributed by atoms with Gasteiger partial charge < -0.3 is 9.88 Å². The SMILES string of the molecule is Cc1ccc(C)n1-c1cccnc1-c1ccc2[nH]nc(Nc3nccs3)c2c1. The summed E-state index contributed by atoms with van der Waals surface area (Å²) >= 11 is 1.54. The standard InChI is InChI=1S/C21H18N6S/c1-13-5-6-14(2)27(13)18-4-3-9-22-19(18)15-7-8-17-16(12-15)20(26-25-17)24-21-23-10-11-28-21/h3-12H,1-2H3,(H2,23,24,25,26). The average Bonchev–Trinajstić information content (AvgIpc) is 3.44. The highest BCUT2D eigenvalue weighted by atomic mass is 32.1. The highest BCUT2D eigenvalue weighted by Gasteiger charge is 2.14. The van der Waals surface area contributed by atoms with E-state index < -0.39 is 0 Å². The van der Waals surface area contributed by atoms with Gasteiger partial charge in [0.15, 0.2) is 10.9 Å². The molecule has 0 aliphatic carbocycles. The quantitative estimate of drug-likeness (QED) is 0.443. The normalized spacial score (nSPS) is 11.2. The molecule has 0 radical (unpaired) electrons. The highest BCUT2D eigenvalue weighted by Crippen LogP contribution is 2.32. The van der Waals surface area contributed by atoms with Crippen LogP contribution in [-0.2, 0) is 0 Å². The molecule has 0 fully saturated rings. The van der Waals surface area contributed by atoms with Crippen LogP contribution in [0.1, 0.15) is 11.4 Å². The molecule has 5 aromatic rings. The number of H-pyrrole nitrogens is 1. The highest BCUT2D eigenvalue weighted by molar-refractivity contribution is 7.13. The van der Waals surface area contributed by atoms with E-state index in [-0.39, 0.29) is 0 Å². The Hall–Kier alpha value is -3.45. The van der Waals surface area contributed by atoms with Crippen LogP contribution in [-0.4, -0.2) is 24.7 Å². The molecule has 1 aromatic carbocycles. The molecule has 6 nitrogen and oxygen atoms in total. The summed E-state index contributed by atoms with van der Waals surface area (Å²) in [6.45, 7) is 4.22.